The van der Waals surface area contributed by atoms with Gasteiger partial charge >= 0.3 is 4.87 Å². The summed E-state index contributed by atoms with van der Waals surface area (Å²) in [5.41, 5.74) is 1.48. The fourth-order valence-corrected chi connectivity index (χ4v) is 4.23. The quantitative estimate of drug-likeness (QED) is 0.624. The highest BCUT2D eigenvalue weighted by molar-refractivity contribution is 7.10. The van der Waals surface area contributed by atoms with Crippen LogP contribution in [0.1, 0.15) is 24.1 Å². The van der Waals surface area contributed by atoms with Crippen molar-refractivity contribution in [2.24, 2.45) is 4.99 Å². The third-order valence-corrected chi connectivity index (χ3v) is 6.13. The van der Waals surface area contributed by atoms with E-state index in [9.17, 15) is 9.90 Å². The van der Waals surface area contributed by atoms with E-state index in [-0.39, 0.29) is 10.8 Å². The van der Waals surface area contributed by atoms with Crippen molar-refractivity contribution in [1.82, 2.24) is 24.5 Å². The molecule has 4 heterocycles. The number of rotatable bonds is 3. The minimum Gasteiger partial charge on any atom is -0.493 e. The number of likely N-dealkylation sites (N-methyl/N-ethyl adjacent to an activating group) is 1. The first kappa shape index (κ1) is 18.3. The molecule has 2 fully saturated rings. The van der Waals surface area contributed by atoms with Crippen molar-refractivity contribution in [1.29, 1.82) is 0 Å². The van der Waals surface area contributed by atoms with Crippen molar-refractivity contribution < 1.29 is 5.11 Å². The first-order valence-electron chi connectivity index (χ1n) is 9.87. The van der Waals surface area contributed by atoms with Gasteiger partial charge in [-0.3, -0.25) is 14.8 Å². The molecule has 2 aliphatic rings. The summed E-state index contributed by atoms with van der Waals surface area (Å²) in [7, 11) is 2.15. The maximum atomic E-state index is 11.5. The molecule has 9 nitrogen and oxygen atoms in total. The second-order valence-electron chi connectivity index (χ2n) is 7.68. The number of aromatic nitrogens is 4. The summed E-state index contributed by atoms with van der Waals surface area (Å²) in [4.78, 5) is 28.5. The number of aromatic amines is 1. The van der Waals surface area contributed by atoms with Crippen LogP contribution in [-0.4, -0.2) is 68.9 Å². The Morgan fingerprint density at radius 1 is 1.31 bits per heavy atom. The van der Waals surface area contributed by atoms with Crippen LogP contribution in [0.3, 0.4) is 0 Å². The van der Waals surface area contributed by atoms with Crippen molar-refractivity contribution in [3.8, 4) is 5.88 Å². The summed E-state index contributed by atoms with van der Waals surface area (Å²) in [5.74, 6) is 0.766. The average Bonchev–Trinajstić information content (AvgIpc) is 3.38. The maximum Gasteiger partial charge on any atom is 0.307 e. The highest BCUT2D eigenvalue weighted by Crippen LogP contribution is 2.23. The van der Waals surface area contributed by atoms with Gasteiger partial charge in [0.15, 0.2) is 11.1 Å². The van der Waals surface area contributed by atoms with Crippen LogP contribution >= 0.6 is 11.3 Å². The Morgan fingerprint density at radius 2 is 2.17 bits per heavy atom. The molecule has 0 spiro atoms. The van der Waals surface area contributed by atoms with E-state index in [1.54, 1.807) is 16.8 Å². The lowest BCUT2D eigenvalue weighted by molar-refractivity contribution is 0.360. The van der Waals surface area contributed by atoms with E-state index in [0.717, 1.165) is 73.3 Å². The first-order valence-corrected chi connectivity index (χ1v) is 10.7. The summed E-state index contributed by atoms with van der Waals surface area (Å²) >= 11 is 0.960. The Hall–Kier alpha value is -2.72. The molecule has 10 heteroatoms. The van der Waals surface area contributed by atoms with E-state index in [1.807, 2.05) is 6.07 Å². The predicted molar refractivity (Wildman–Crippen MR) is 111 cm³/mol. The Kier molecular flexibility index (Phi) is 4.59. The molecule has 0 amide bonds. The maximum absolute atomic E-state index is 11.5. The molecule has 152 valence electrons. The van der Waals surface area contributed by atoms with E-state index >= 15 is 0 Å². The summed E-state index contributed by atoms with van der Waals surface area (Å²) in [6, 6.07) is 2.39. The van der Waals surface area contributed by atoms with Gasteiger partial charge < -0.3 is 14.9 Å². The molecule has 0 aromatic carbocycles. The smallest absolute Gasteiger partial charge is 0.307 e. The van der Waals surface area contributed by atoms with Gasteiger partial charge in [0.2, 0.25) is 5.88 Å². The van der Waals surface area contributed by atoms with Gasteiger partial charge in [-0.25, -0.2) is 4.98 Å². The lowest BCUT2D eigenvalue weighted by Crippen LogP contribution is -2.31. The minimum atomic E-state index is -0.294. The third-order valence-electron chi connectivity index (χ3n) is 5.32. The Labute approximate surface area is 170 Å². The molecular formula is C19H23N7O2S. The van der Waals surface area contributed by atoms with Crippen LogP contribution in [-0.2, 0) is 0 Å². The van der Waals surface area contributed by atoms with E-state index in [4.69, 9.17) is 9.98 Å². The van der Waals surface area contributed by atoms with Crippen molar-refractivity contribution in [3.05, 3.63) is 37.5 Å². The first-order chi connectivity index (χ1) is 14.1. The summed E-state index contributed by atoms with van der Waals surface area (Å²) in [6.45, 7) is 3.93. The van der Waals surface area contributed by atoms with Crippen LogP contribution in [0.15, 0.2) is 22.1 Å². The van der Waals surface area contributed by atoms with Gasteiger partial charge in [0.1, 0.15) is 5.82 Å². The van der Waals surface area contributed by atoms with Crippen molar-refractivity contribution in [3.63, 3.8) is 0 Å². The van der Waals surface area contributed by atoms with E-state index in [1.165, 1.54) is 0 Å². The molecule has 1 aliphatic heterocycles. The monoisotopic (exact) mass is 413 g/mol. The van der Waals surface area contributed by atoms with Gasteiger partial charge in [-0.05, 0) is 38.9 Å². The van der Waals surface area contributed by atoms with E-state index in [0.29, 0.717) is 16.6 Å². The van der Waals surface area contributed by atoms with Crippen LogP contribution in [0.25, 0.3) is 11.7 Å². The number of aromatic hydroxyl groups is 1. The molecule has 2 N–H and O–H groups in total. The number of hydrogen-bond acceptors (Lipinski definition) is 8. The van der Waals surface area contributed by atoms with Crippen molar-refractivity contribution in [2.75, 3.05) is 38.1 Å². The molecule has 0 unspecified atom stereocenters. The summed E-state index contributed by atoms with van der Waals surface area (Å²) < 4.78 is 1.75. The van der Waals surface area contributed by atoms with Gasteiger partial charge in [-0.1, -0.05) is 11.3 Å². The van der Waals surface area contributed by atoms with Crippen LogP contribution in [0.2, 0.25) is 0 Å². The zero-order valence-electron chi connectivity index (χ0n) is 16.2. The van der Waals surface area contributed by atoms with Gasteiger partial charge in [-0.2, -0.15) is 9.61 Å². The Balaban J connectivity index is 1.67. The summed E-state index contributed by atoms with van der Waals surface area (Å²) in [5, 5.41) is 15.2. The molecule has 0 radical (unpaired) electrons. The Bertz CT molecular complexity index is 1220. The fourth-order valence-electron chi connectivity index (χ4n) is 3.54. The lowest BCUT2D eigenvalue weighted by atomic mass is 10.3. The topological polar surface area (TPSA) is 102 Å². The molecule has 29 heavy (non-hydrogen) atoms. The SMILES string of the molecule is CN1CCCN(c2cc(=NC3CC3)n3nc/c(=C/c4sc(=O)[nH]c4O)c3n2)CC1. The number of nitrogens with zero attached hydrogens (tertiary/aromatic N) is 6. The molecular weight excluding hydrogens is 390 g/mol. The van der Waals surface area contributed by atoms with Gasteiger partial charge in [0.25, 0.3) is 0 Å². The lowest BCUT2D eigenvalue weighted by Gasteiger charge is -2.21. The highest BCUT2D eigenvalue weighted by atomic mass is 32.1. The molecule has 0 atom stereocenters. The van der Waals surface area contributed by atoms with Crippen LogP contribution in [0.5, 0.6) is 5.88 Å². The number of hydrogen-bond donors (Lipinski definition) is 2. The number of H-pyrrole nitrogens is 1. The van der Waals surface area contributed by atoms with Gasteiger partial charge in [-0.15, -0.1) is 0 Å². The molecule has 3 aromatic rings. The second-order valence-corrected chi connectivity index (χ2v) is 8.70. The Morgan fingerprint density at radius 3 is 2.93 bits per heavy atom. The van der Waals surface area contributed by atoms with Crippen molar-refractivity contribution in [2.45, 2.75) is 25.3 Å². The normalized spacial score (nSPS) is 20.0. The number of fused-ring (bicyclic) bond motifs is 1. The van der Waals surface area contributed by atoms with Gasteiger partial charge in [0, 0.05) is 30.9 Å². The van der Waals surface area contributed by atoms with Crippen molar-refractivity contribution >= 4 is 28.9 Å². The third kappa shape index (κ3) is 3.77. The zero-order chi connectivity index (χ0) is 20.0. The molecule has 1 aliphatic carbocycles. The minimum absolute atomic E-state index is 0.131. The van der Waals surface area contributed by atoms with Crippen LogP contribution < -0.4 is 20.5 Å². The van der Waals surface area contributed by atoms with Crippen LogP contribution in [0.4, 0.5) is 5.82 Å². The molecule has 1 saturated carbocycles. The molecule has 0 bridgehead atoms. The number of nitrogens with one attached hydrogen (secondary N) is 1. The van der Waals surface area contributed by atoms with Crippen LogP contribution in [0, 0.1) is 0 Å². The average molecular weight is 414 g/mol. The molecule has 3 aromatic heterocycles. The zero-order valence-corrected chi connectivity index (χ0v) is 17.0. The van der Waals surface area contributed by atoms with E-state index < -0.39 is 0 Å². The number of thiazole rings is 1. The standard InChI is InChI=1S/C19H23N7O2S/c1-24-5-2-6-25(8-7-24)15-10-16(21-13-3-4-13)26-17(22-15)12(11-20-26)9-14-18(27)23-19(28)29-14/h9-11,13,27H,2-8H2,1H3,(H,23,28)/b12-9-,21-16?. The highest BCUT2D eigenvalue weighted by Gasteiger charge is 2.21. The fraction of sp³-hybridized carbons (Fsp3) is 0.474. The molecule has 1 saturated heterocycles. The largest absolute Gasteiger partial charge is 0.493 e. The molecule has 5 rings (SSSR count). The number of anilines is 1. The summed E-state index contributed by atoms with van der Waals surface area (Å²) in [6.07, 6.45) is 6.76. The van der Waals surface area contributed by atoms with E-state index in [2.05, 4.69) is 26.9 Å². The predicted octanol–water partition coefficient (Wildman–Crippen LogP) is -0.0626. The van der Waals surface area contributed by atoms with Gasteiger partial charge in [0.05, 0.1) is 17.1 Å². The second kappa shape index (κ2) is 7.27.